The Kier molecular flexibility index (Phi) is 5.59. The molecule has 0 saturated carbocycles. The molecule has 2 aromatic rings. The summed E-state index contributed by atoms with van der Waals surface area (Å²) in [4.78, 5) is 40.1. The van der Waals surface area contributed by atoms with Crippen molar-refractivity contribution in [3.05, 3.63) is 67.0 Å². The molecule has 1 aromatic carbocycles. The number of benzene rings is 1. The number of nitrogens with one attached hydrogen (secondary N) is 1. The van der Waals surface area contributed by atoms with Gasteiger partial charge in [-0.3, -0.25) is 19.1 Å². The Labute approximate surface area is 151 Å². The van der Waals surface area contributed by atoms with Crippen LogP contribution in [-0.2, 0) is 6.54 Å². The molecule has 132 valence electrons. The summed E-state index contributed by atoms with van der Waals surface area (Å²) in [5, 5.41) is 8.86. The Morgan fingerprint density at radius 3 is 2.58 bits per heavy atom. The van der Waals surface area contributed by atoms with E-state index in [2.05, 4.69) is 10.9 Å². The number of hydrogen-bond acceptors (Lipinski definition) is 4. The number of terminal acetylenes is 1. The third-order valence-corrected chi connectivity index (χ3v) is 3.98. The van der Waals surface area contributed by atoms with Gasteiger partial charge in [0, 0.05) is 23.2 Å². The van der Waals surface area contributed by atoms with E-state index in [1.165, 1.54) is 4.57 Å². The van der Waals surface area contributed by atoms with E-state index in [1.807, 2.05) is 13.0 Å². The number of ketones is 1. The summed E-state index contributed by atoms with van der Waals surface area (Å²) in [6.45, 7) is 5.36. The highest BCUT2D eigenvalue weighted by molar-refractivity contribution is 6.09. The second-order valence-electron chi connectivity index (χ2n) is 6.30. The van der Waals surface area contributed by atoms with Crippen molar-refractivity contribution in [1.82, 2.24) is 9.55 Å². The minimum Gasteiger partial charge on any atom is -0.289 e. The van der Waals surface area contributed by atoms with Gasteiger partial charge in [-0.1, -0.05) is 19.8 Å². The van der Waals surface area contributed by atoms with Crippen LogP contribution in [0.2, 0.25) is 0 Å². The lowest BCUT2D eigenvalue weighted by molar-refractivity contribution is 0.102. The van der Waals surface area contributed by atoms with E-state index in [0.29, 0.717) is 11.1 Å². The molecule has 0 atom stereocenters. The van der Waals surface area contributed by atoms with Crippen LogP contribution < -0.4 is 11.2 Å². The monoisotopic (exact) mass is 349 g/mol. The fraction of sp³-hybridized carbons (Fsp3) is 0.300. The Balaban J connectivity index is 2.82. The summed E-state index contributed by atoms with van der Waals surface area (Å²) in [5.74, 6) is 1.74. The molecule has 1 heterocycles. The van der Waals surface area contributed by atoms with Crippen LogP contribution in [0.5, 0.6) is 0 Å². The van der Waals surface area contributed by atoms with Crippen molar-refractivity contribution in [1.29, 1.82) is 5.26 Å². The van der Waals surface area contributed by atoms with Crippen LogP contribution in [0.1, 0.15) is 58.9 Å². The van der Waals surface area contributed by atoms with Crippen molar-refractivity contribution < 1.29 is 4.79 Å². The molecule has 2 rings (SSSR count). The number of nitriles is 1. The van der Waals surface area contributed by atoms with Gasteiger partial charge in [-0.05, 0) is 36.6 Å². The van der Waals surface area contributed by atoms with Gasteiger partial charge >= 0.3 is 5.69 Å². The zero-order chi connectivity index (χ0) is 19.4. The predicted octanol–water partition coefficient (Wildman–Crippen LogP) is 2.09. The number of hydrogen-bond donors (Lipinski definition) is 1. The first-order valence-corrected chi connectivity index (χ1v) is 8.17. The van der Waals surface area contributed by atoms with E-state index >= 15 is 0 Å². The molecule has 0 spiro atoms. The normalized spacial score (nSPS) is 10.4. The second kappa shape index (κ2) is 7.67. The molecule has 0 radical (unpaired) electrons. The molecular formula is C20H19N3O3. The third-order valence-electron chi connectivity index (χ3n) is 3.98. The lowest BCUT2D eigenvalue weighted by Crippen LogP contribution is -2.38. The van der Waals surface area contributed by atoms with Gasteiger partial charge in [-0.15, -0.1) is 6.42 Å². The molecule has 0 amide bonds. The van der Waals surface area contributed by atoms with Gasteiger partial charge in [0.15, 0.2) is 0 Å². The largest absolute Gasteiger partial charge is 0.328 e. The van der Waals surface area contributed by atoms with Crippen LogP contribution in [0.25, 0.3) is 0 Å². The van der Waals surface area contributed by atoms with Crippen LogP contribution in [0.15, 0.2) is 27.8 Å². The summed E-state index contributed by atoms with van der Waals surface area (Å²) >= 11 is 0. The summed E-state index contributed by atoms with van der Waals surface area (Å²) in [6, 6.07) is 6.93. The predicted molar refractivity (Wildman–Crippen MR) is 98.2 cm³/mol. The van der Waals surface area contributed by atoms with Gasteiger partial charge in [0.1, 0.15) is 5.69 Å². The fourth-order valence-corrected chi connectivity index (χ4v) is 2.88. The van der Waals surface area contributed by atoms with Crippen LogP contribution >= 0.6 is 0 Å². The highest BCUT2D eigenvalue weighted by atomic mass is 16.2. The minimum atomic E-state index is -0.706. The molecule has 0 fully saturated rings. The minimum absolute atomic E-state index is 0.0116. The average molecular weight is 349 g/mol. The van der Waals surface area contributed by atoms with Gasteiger partial charge in [-0.25, -0.2) is 4.79 Å². The molecule has 1 aromatic heterocycles. The molecule has 1 N–H and O–H groups in total. The Morgan fingerprint density at radius 2 is 2.00 bits per heavy atom. The van der Waals surface area contributed by atoms with Crippen molar-refractivity contribution in [2.24, 2.45) is 0 Å². The molecular weight excluding hydrogens is 330 g/mol. The molecule has 0 aliphatic rings. The zero-order valence-electron chi connectivity index (χ0n) is 14.9. The molecule has 0 aliphatic carbocycles. The maximum absolute atomic E-state index is 13.2. The van der Waals surface area contributed by atoms with E-state index in [1.54, 1.807) is 32.0 Å². The van der Waals surface area contributed by atoms with E-state index in [4.69, 9.17) is 11.7 Å². The van der Waals surface area contributed by atoms with Crippen LogP contribution in [0, 0.1) is 30.6 Å². The number of carbonyl (C=O) groups is 1. The van der Waals surface area contributed by atoms with E-state index < -0.39 is 17.0 Å². The summed E-state index contributed by atoms with van der Waals surface area (Å²) in [5.41, 5.74) is 0.569. The number of aromatic amines is 1. The first-order chi connectivity index (χ1) is 12.3. The van der Waals surface area contributed by atoms with Crippen molar-refractivity contribution >= 4 is 5.78 Å². The van der Waals surface area contributed by atoms with E-state index in [9.17, 15) is 14.4 Å². The maximum Gasteiger partial charge on any atom is 0.328 e. The first kappa shape index (κ1) is 19.0. The Morgan fingerprint density at radius 1 is 1.31 bits per heavy atom. The summed E-state index contributed by atoms with van der Waals surface area (Å²) in [7, 11) is 0. The average Bonchev–Trinajstić information content (AvgIpc) is 2.58. The molecule has 0 bridgehead atoms. The van der Waals surface area contributed by atoms with Gasteiger partial charge in [-0.2, -0.15) is 5.26 Å². The number of aromatic nitrogens is 2. The summed E-state index contributed by atoms with van der Waals surface area (Å²) < 4.78 is 1.17. The van der Waals surface area contributed by atoms with Crippen molar-refractivity contribution in [3.8, 4) is 18.4 Å². The standard InChI is InChI=1S/C20H19N3O3/c1-5-14-9-13(4)10-15(11-14)18(24)17-16(12(2)3)19(25)22-20(26)23(17)8-6-7-21/h1,9-12H,6,8H2,2-4H3,(H,22,25,26). The number of carbonyl (C=O) groups excluding carboxylic acids is 1. The molecule has 0 saturated heterocycles. The zero-order valence-corrected chi connectivity index (χ0v) is 14.9. The summed E-state index contributed by atoms with van der Waals surface area (Å²) in [6.07, 6.45) is 5.48. The number of rotatable bonds is 5. The number of nitrogens with zero attached hydrogens (tertiary/aromatic N) is 2. The lowest BCUT2D eigenvalue weighted by atomic mass is 9.95. The highest BCUT2D eigenvalue weighted by Crippen LogP contribution is 2.20. The van der Waals surface area contributed by atoms with Crippen molar-refractivity contribution in [2.45, 2.75) is 39.7 Å². The van der Waals surface area contributed by atoms with Gasteiger partial charge in [0.2, 0.25) is 5.78 Å². The molecule has 0 unspecified atom stereocenters. The number of aryl methyl sites for hydroxylation is 1. The molecule has 26 heavy (non-hydrogen) atoms. The quantitative estimate of drug-likeness (QED) is 0.660. The lowest BCUT2D eigenvalue weighted by Gasteiger charge is -2.17. The van der Waals surface area contributed by atoms with Gasteiger partial charge < -0.3 is 0 Å². The van der Waals surface area contributed by atoms with Crippen molar-refractivity contribution in [3.63, 3.8) is 0 Å². The van der Waals surface area contributed by atoms with E-state index in [0.717, 1.165) is 5.56 Å². The first-order valence-electron chi connectivity index (χ1n) is 8.17. The molecule has 6 nitrogen and oxygen atoms in total. The molecule has 6 heteroatoms. The third kappa shape index (κ3) is 3.65. The van der Waals surface area contributed by atoms with Crippen LogP contribution in [-0.4, -0.2) is 15.3 Å². The fourth-order valence-electron chi connectivity index (χ4n) is 2.88. The topological polar surface area (TPSA) is 95.7 Å². The van der Waals surface area contributed by atoms with Gasteiger partial charge in [0.25, 0.3) is 5.56 Å². The second-order valence-corrected chi connectivity index (χ2v) is 6.30. The smallest absolute Gasteiger partial charge is 0.289 e. The van der Waals surface area contributed by atoms with Gasteiger partial charge in [0.05, 0.1) is 12.5 Å². The van der Waals surface area contributed by atoms with E-state index in [-0.39, 0.29) is 30.1 Å². The van der Waals surface area contributed by atoms with Crippen LogP contribution in [0.4, 0.5) is 0 Å². The SMILES string of the molecule is C#Cc1cc(C)cc(C(=O)c2c(C(C)C)c(=O)[nH]c(=O)n2CCC#N)c1. The number of H-pyrrole nitrogens is 1. The Hall–Kier alpha value is -3.38. The highest BCUT2D eigenvalue weighted by Gasteiger charge is 2.24. The molecule has 0 aliphatic heterocycles. The Bertz CT molecular complexity index is 1060. The van der Waals surface area contributed by atoms with Crippen LogP contribution in [0.3, 0.4) is 0 Å². The maximum atomic E-state index is 13.2. The van der Waals surface area contributed by atoms with Crippen molar-refractivity contribution in [2.75, 3.05) is 0 Å².